The van der Waals surface area contributed by atoms with E-state index in [0.717, 1.165) is 0 Å². The summed E-state index contributed by atoms with van der Waals surface area (Å²) < 4.78 is 0. The molecule has 0 aliphatic rings. The van der Waals surface area contributed by atoms with Crippen LogP contribution in [0.1, 0.15) is 82.9 Å². The summed E-state index contributed by atoms with van der Waals surface area (Å²) in [7, 11) is 0. The SMILES string of the molecule is CC(C)C[C@H](N)C(=O)NCC(=O)N[C@@H](CS)C(=O)N[C@@H](CS)C(=O)N[C@@H](Cc1ccc(O)cc1)C(=O)N[C@@H](CO)C(=O)N[C@@H](CO)C(=O)N[C@@H](CCC(=O)O)C(=O)N[C@@H](CCC(=O)O)C(=O)N[C@H](C(=O)N[C@@H](CC(N)=O)C(=O)N[C@@H](CO)C(=O)N[C@@H](CS)C(=O)N[C@@H](Cc1ccc(O)cc1)C(=O)N[C@@H](Cc1ccc(O)cc1)C(=O)O)C(C)C. The first-order valence-electron chi connectivity index (χ1n) is 36.5. The van der Waals surface area contributed by atoms with Gasteiger partial charge in [-0.3, -0.25) is 81.5 Å². The smallest absolute Gasteiger partial charge is 0.326 e. The Hall–Kier alpha value is -11.6. The first-order chi connectivity index (χ1) is 55.6. The van der Waals surface area contributed by atoms with Crippen LogP contribution in [0.3, 0.4) is 0 Å². The van der Waals surface area contributed by atoms with E-state index in [-0.39, 0.29) is 47.3 Å². The third-order valence-electron chi connectivity index (χ3n) is 17.3. The lowest BCUT2D eigenvalue weighted by Gasteiger charge is -2.29. The number of aliphatic carboxylic acids is 3. The van der Waals surface area contributed by atoms with Gasteiger partial charge in [0, 0.05) is 49.4 Å². The monoisotopic (exact) mass is 1720 g/mol. The summed E-state index contributed by atoms with van der Waals surface area (Å²) in [6.07, 6.45) is -5.20. The average molecular weight is 1720 g/mol. The maximum absolute atomic E-state index is 14.2. The molecule has 650 valence electrons. The molecule has 46 heteroatoms. The molecule has 0 bridgehead atoms. The number of carbonyl (C=O) groups is 18. The minimum atomic E-state index is -2.13. The van der Waals surface area contributed by atoms with E-state index in [1.54, 1.807) is 0 Å². The summed E-state index contributed by atoms with van der Waals surface area (Å²) in [5, 5.41) is 122. The number of carboxylic acid groups (broad SMARTS) is 3. The number of carbonyl (C=O) groups excluding carboxylic acids is 15. The number of aliphatic hydroxyl groups excluding tert-OH is 3. The predicted octanol–water partition coefficient (Wildman–Crippen LogP) is -8.26. The zero-order chi connectivity index (χ0) is 88.8. The van der Waals surface area contributed by atoms with Crippen molar-refractivity contribution in [3.05, 3.63) is 89.5 Å². The molecule has 3 rings (SSSR count). The van der Waals surface area contributed by atoms with Crippen molar-refractivity contribution in [2.24, 2.45) is 23.3 Å². The summed E-state index contributed by atoms with van der Waals surface area (Å²) in [5.74, 6) is -25.1. The van der Waals surface area contributed by atoms with E-state index in [1.165, 1.54) is 86.6 Å². The zero-order valence-corrected chi connectivity index (χ0v) is 67.0. The van der Waals surface area contributed by atoms with Gasteiger partial charge in [-0.2, -0.15) is 37.9 Å². The number of thiol groups is 3. The van der Waals surface area contributed by atoms with Crippen LogP contribution in [0, 0.1) is 11.8 Å². The van der Waals surface area contributed by atoms with Crippen molar-refractivity contribution in [2.75, 3.05) is 43.6 Å². The van der Waals surface area contributed by atoms with Crippen LogP contribution in [-0.2, 0) is 106 Å². The normalized spacial score (nSPS) is 14.6. The second-order valence-electron chi connectivity index (χ2n) is 27.6. The van der Waals surface area contributed by atoms with Gasteiger partial charge < -0.3 is 132 Å². The average Bonchev–Trinajstić information content (AvgIpc) is 0.852. The van der Waals surface area contributed by atoms with E-state index >= 15 is 0 Å². The summed E-state index contributed by atoms with van der Waals surface area (Å²) in [6.45, 7) is 1.94. The Balaban J connectivity index is 1.82. The number of benzene rings is 3. The van der Waals surface area contributed by atoms with Crippen LogP contribution in [-0.4, -0.2) is 281 Å². The Morgan fingerprint density at radius 1 is 0.356 bits per heavy atom. The lowest BCUT2D eigenvalue weighted by molar-refractivity contribution is -0.142. The minimum absolute atomic E-state index is 0.0606. The van der Waals surface area contributed by atoms with Crippen molar-refractivity contribution in [3.63, 3.8) is 0 Å². The first-order valence-corrected chi connectivity index (χ1v) is 38.4. The van der Waals surface area contributed by atoms with Gasteiger partial charge in [0.05, 0.1) is 38.8 Å². The molecule has 0 aromatic heterocycles. The van der Waals surface area contributed by atoms with E-state index in [4.69, 9.17) is 11.5 Å². The molecule has 0 aliphatic heterocycles. The summed E-state index contributed by atoms with van der Waals surface area (Å²) in [4.78, 5) is 241. The van der Waals surface area contributed by atoms with E-state index < -0.39 is 273 Å². The van der Waals surface area contributed by atoms with Gasteiger partial charge in [-0.25, -0.2) is 4.79 Å². The highest BCUT2D eigenvalue weighted by atomic mass is 32.1. The third-order valence-corrected chi connectivity index (χ3v) is 18.3. The van der Waals surface area contributed by atoms with Crippen LogP contribution in [0.2, 0.25) is 0 Å². The predicted molar refractivity (Wildman–Crippen MR) is 424 cm³/mol. The minimum Gasteiger partial charge on any atom is -0.508 e. The second kappa shape index (κ2) is 50.8. The van der Waals surface area contributed by atoms with Crippen molar-refractivity contribution < 1.29 is 132 Å². The molecule has 3 aromatic carbocycles. The molecule has 118 heavy (non-hydrogen) atoms. The number of rotatable bonds is 52. The number of amides is 15. The Morgan fingerprint density at radius 2 is 0.636 bits per heavy atom. The molecular weight excluding hydrogens is 1620 g/mol. The number of nitrogens with one attached hydrogen (secondary N) is 14. The molecule has 3 aromatic rings. The van der Waals surface area contributed by atoms with Crippen molar-refractivity contribution in [1.82, 2.24) is 74.4 Å². The maximum Gasteiger partial charge on any atom is 0.326 e. The van der Waals surface area contributed by atoms with Crippen molar-refractivity contribution >= 4 is 144 Å². The molecule has 0 radical (unpaired) electrons. The molecule has 0 heterocycles. The van der Waals surface area contributed by atoms with Gasteiger partial charge in [-0.1, -0.05) is 64.1 Å². The molecular formula is C72H102N16O27S3. The van der Waals surface area contributed by atoms with E-state index in [0.29, 0.717) is 17.5 Å². The quantitative estimate of drug-likeness (QED) is 0.0233. The van der Waals surface area contributed by atoms with Gasteiger partial charge in [0.1, 0.15) is 95.8 Å². The molecule has 15 amide bonds. The molecule has 0 fully saturated rings. The van der Waals surface area contributed by atoms with E-state index in [1.807, 2.05) is 19.2 Å². The number of aromatic hydroxyl groups is 3. The van der Waals surface area contributed by atoms with Crippen LogP contribution in [0.15, 0.2) is 72.8 Å². The van der Waals surface area contributed by atoms with Crippen molar-refractivity contribution in [1.29, 1.82) is 0 Å². The van der Waals surface area contributed by atoms with Crippen molar-refractivity contribution in [3.8, 4) is 17.2 Å². The van der Waals surface area contributed by atoms with Gasteiger partial charge in [-0.05, 0) is 84.2 Å². The molecule has 14 atom stereocenters. The molecule has 27 N–H and O–H groups in total. The summed E-state index contributed by atoms with van der Waals surface area (Å²) in [6, 6.07) is -8.69. The lowest BCUT2D eigenvalue weighted by atomic mass is 10.0. The van der Waals surface area contributed by atoms with Gasteiger partial charge >= 0.3 is 17.9 Å². The van der Waals surface area contributed by atoms with Crippen LogP contribution in [0.4, 0.5) is 0 Å². The number of hydrogen-bond acceptors (Lipinski definition) is 28. The van der Waals surface area contributed by atoms with Gasteiger partial charge in [0.2, 0.25) is 88.6 Å². The van der Waals surface area contributed by atoms with Crippen molar-refractivity contribution in [2.45, 2.75) is 170 Å². The summed E-state index contributed by atoms with van der Waals surface area (Å²) >= 11 is 12.4. The Labute approximate surface area is 691 Å². The van der Waals surface area contributed by atoms with Crippen LogP contribution >= 0.6 is 37.9 Å². The van der Waals surface area contributed by atoms with Gasteiger partial charge in [0.15, 0.2) is 0 Å². The molecule has 0 saturated carbocycles. The fraction of sp³-hybridized carbons (Fsp3) is 0.500. The highest BCUT2D eigenvalue weighted by Gasteiger charge is 2.39. The van der Waals surface area contributed by atoms with Crippen LogP contribution in [0.5, 0.6) is 17.2 Å². The lowest BCUT2D eigenvalue weighted by Crippen LogP contribution is -2.62. The van der Waals surface area contributed by atoms with Gasteiger partial charge in [-0.15, -0.1) is 0 Å². The molecule has 43 nitrogen and oxygen atoms in total. The van der Waals surface area contributed by atoms with Crippen LogP contribution in [0.25, 0.3) is 0 Å². The van der Waals surface area contributed by atoms with Gasteiger partial charge in [0.25, 0.3) is 0 Å². The fourth-order valence-corrected chi connectivity index (χ4v) is 11.6. The molecule has 0 unspecified atom stereocenters. The standard InChI is InChI=1S/C72H102N16O27S3/c1-33(2)21-41(73)59(101)75-26-55(96)76-51(30-116)68(110)87-53(32-118)70(112)80-45(23-36-7-13-39(93)14-8-36)63(105)83-49(28-90)66(108)85-48(27-89)65(107)78-42(17-19-56(97)98)60(102)77-43(18-20-57(99)100)61(103)88-58(34(3)4)71(113)81-46(25-54(74)95)64(106)84-50(29-91)67(109)86-52(31-117)69(111)79-44(22-35-5-11-38(92)12-6-35)62(104)82-47(72(114)115)24-37-9-15-40(94)16-10-37/h5-16,33-34,41-53,58,89-94,116-118H,17-32,73H2,1-4H3,(H2,74,95)(H,75,101)(H,76,96)(H,77,102)(H,78,107)(H,79,111)(H,80,112)(H,81,113)(H,82,104)(H,83,105)(H,84,106)(H,85,108)(H,86,109)(H,87,110)(H,88,103)(H,97,98)(H,99,100)(H,114,115)/t41-,42-,43-,44-,45-,46-,47-,48-,49-,50-,51-,52-,53-,58-/m0/s1. The number of phenols is 3. The number of nitrogens with two attached hydrogens (primary N) is 2. The maximum atomic E-state index is 14.2. The second-order valence-corrected chi connectivity index (χ2v) is 28.7. The molecule has 0 saturated heterocycles. The highest BCUT2D eigenvalue weighted by Crippen LogP contribution is 2.17. The number of hydrogen-bond donors (Lipinski definition) is 28. The van der Waals surface area contributed by atoms with Crippen LogP contribution < -0.4 is 85.9 Å². The highest BCUT2D eigenvalue weighted by molar-refractivity contribution is 7.80. The topological polar surface area (TPSA) is 710 Å². The summed E-state index contributed by atoms with van der Waals surface area (Å²) in [5.41, 5.74) is 12.3. The Kier molecular flexibility index (Phi) is 43.3. The number of phenolic OH excluding ortho intramolecular Hbond substituents is 3. The van der Waals surface area contributed by atoms with E-state index in [9.17, 15) is 132 Å². The fourth-order valence-electron chi connectivity index (χ4n) is 10.8. The molecule has 0 aliphatic carbocycles. The van der Waals surface area contributed by atoms with E-state index in [2.05, 4.69) is 107 Å². The largest absolute Gasteiger partial charge is 0.508 e. The number of carboxylic acids is 3. The zero-order valence-electron chi connectivity index (χ0n) is 64.3. The number of primary amides is 1. The molecule has 0 spiro atoms. The third kappa shape index (κ3) is 35.5. The first kappa shape index (κ1) is 101. The Bertz CT molecular complexity index is 4000. The number of aliphatic hydroxyl groups is 3. The Morgan fingerprint density at radius 3 is 0.958 bits per heavy atom.